The molecule has 4 heteroatoms. The van der Waals surface area contributed by atoms with Gasteiger partial charge in [0.25, 0.3) is 0 Å². The topological polar surface area (TPSA) is 9.23 Å². The summed E-state index contributed by atoms with van der Waals surface area (Å²) in [5, 5.41) is 0. The summed E-state index contributed by atoms with van der Waals surface area (Å²) in [6.07, 6.45) is 41.6. The second-order valence-corrected chi connectivity index (χ2v) is 20.9. The van der Waals surface area contributed by atoms with Crippen molar-refractivity contribution in [3.8, 4) is 0 Å². The molecule has 45 heavy (non-hydrogen) atoms. The van der Waals surface area contributed by atoms with Crippen LogP contribution >= 0.6 is 21.4 Å². The maximum atomic E-state index is 6.93. The molecule has 0 heterocycles. The average Bonchev–Trinajstić information content (AvgIpc) is 3.03. The van der Waals surface area contributed by atoms with Crippen LogP contribution in [0.4, 0.5) is 0 Å². The second kappa shape index (κ2) is 35.1. The fourth-order valence-electron chi connectivity index (χ4n) is 7.21. The van der Waals surface area contributed by atoms with Crippen molar-refractivity contribution in [2.75, 3.05) is 29.6 Å². The van der Waals surface area contributed by atoms with Crippen LogP contribution in [0.2, 0.25) is 0 Å². The maximum Gasteiger partial charge on any atom is 0.116 e. The third kappa shape index (κ3) is 24.9. The molecule has 0 aliphatic heterocycles. The molecule has 0 radical (unpaired) electrons. The van der Waals surface area contributed by atoms with Gasteiger partial charge in [-0.1, -0.05) is 195 Å². The van der Waals surface area contributed by atoms with E-state index in [4.69, 9.17) is 17.4 Å². The van der Waals surface area contributed by atoms with Gasteiger partial charge in [0, 0.05) is 21.1 Å². The van der Waals surface area contributed by atoms with Crippen molar-refractivity contribution in [1.29, 1.82) is 0 Å². The number of thiol groups is 1. The molecule has 0 aliphatic rings. The van der Waals surface area contributed by atoms with Gasteiger partial charge in [-0.15, -0.1) is 12.6 Å². The monoisotopic (exact) mass is 757 g/mol. The van der Waals surface area contributed by atoms with Crippen molar-refractivity contribution < 1.29 is 25.8 Å². The van der Waals surface area contributed by atoms with E-state index in [1.165, 1.54) is 220 Å². The Bertz CT molecular complexity index is 576. The molecular weight excluding hydrogens is 669 g/mol. The predicted octanol–water partition coefficient (Wildman–Crippen LogP) is 15.2. The predicted molar refractivity (Wildman–Crippen MR) is 214 cm³/mol. The van der Waals surface area contributed by atoms with Crippen LogP contribution in [0.5, 0.6) is 0 Å². The summed E-state index contributed by atoms with van der Waals surface area (Å²) in [7, 11) is -1.92. The molecule has 0 aromatic rings. The van der Waals surface area contributed by atoms with Crippen molar-refractivity contribution in [3.05, 3.63) is 0 Å². The molecule has 0 spiro atoms. The summed E-state index contributed by atoms with van der Waals surface area (Å²) in [4.78, 5) is 0. The number of hydrogen-bond donors (Lipinski definition) is 1. The van der Waals surface area contributed by atoms with Crippen LogP contribution in [-0.4, -0.2) is 34.0 Å². The molecule has 0 saturated carbocycles. The fourth-order valence-corrected chi connectivity index (χ4v) is 14.6. The minimum absolute atomic E-state index is 0. The summed E-state index contributed by atoms with van der Waals surface area (Å²) in [5.74, 6) is 5.66. The first kappa shape index (κ1) is 48.3. The van der Waals surface area contributed by atoms with E-state index in [1.54, 1.807) is 0 Å². The van der Waals surface area contributed by atoms with Gasteiger partial charge in [-0.05, 0) is 55.1 Å². The Kier molecular flexibility index (Phi) is 37.7. The van der Waals surface area contributed by atoms with Gasteiger partial charge in [0.05, 0.1) is 6.61 Å². The molecule has 0 aromatic carbocycles. The van der Waals surface area contributed by atoms with Crippen LogP contribution in [0.3, 0.4) is 0 Å². The van der Waals surface area contributed by atoms with E-state index in [1.807, 2.05) is 0 Å². The zero-order chi connectivity index (χ0) is 32.5. The van der Waals surface area contributed by atoms with E-state index in [2.05, 4.69) is 34.6 Å². The van der Waals surface area contributed by atoms with Crippen molar-refractivity contribution in [2.45, 2.75) is 227 Å². The summed E-state index contributed by atoms with van der Waals surface area (Å²) in [6.45, 7) is 12.6. The van der Waals surface area contributed by atoms with Gasteiger partial charge >= 0.3 is 0 Å². The van der Waals surface area contributed by atoms with Crippen LogP contribution in [0.15, 0.2) is 0 Å². The summed E-state index contributed by atoms with van der Waals surface area (Å²) in [5.41, 5.74) is 0. The molecule has 0 aliphatic carbocycles. The first-order valence-corrected chi connectivity index (χ1v) is 23.8. The Morgan fingerprint density at radius 3 is 0.844 bits per heavy atom. The summed E-state index contributed by atoms with van der Waals surface area (Å²) in [6, 6.07) is 0. The largest absolute Gasteiger partial charge is 0.336 e. The second-order valence-electron chi connectivity index (χ2n) is 14.6. The number of unbranched alkanes of at least 4 members (excludes halogenated alkanes) is 25. The SMILES string of the molecule is CCCCCCCCOC(S)=S(CCCCCCCC)(CCCCCCCC)(CCCCCCCC)CCCCCCCC.[Mo]. The molecule has 0 rings (SSSR count). The van der Waals surface area contributed by atoms with Crippen LogP contribution in [0.1, 0.15) is 227 Å². The number of rotatable bonds is 35. The number of ether oxygens (including phenoxy) is 1. The third-order valence-electron chi connectivity index (χ3n) is 10.3. The molecule has 0 fully saturated rings. The molecule has 0 unspecified atom stereocenters. The van der Waals surface area contributed by atoms with Crippen LogP contribution in [-0.2, 0) is 25.8 Å². The first-order valence-electron chi connectivity index (χ1n) is 20.6. The van der Waals surface area contributed by atoms with Gasteiger partial charge in [0.2, 0.25) is 0 Å². The van der Waals surface area contributed by atoms with E-state index >= 15 is 0 Å². The molecule has 274 valence electrons. The van der Waals surface area contributed by atoms with Gasteiger partial charge in [0.1, 0.15) is 4.38 Å². The van der Waals surface area contributed by atoms with E-state index in [0.29, 0.717) is 0 Å². The van der Waals surface area contributed by atoms with Gasteiger partial charge < -0.3 is 4.74 Å². The van der Waals surface area contributed by atoms with Crippen LogP contribution < -0.4 is 0 Å². The maximum absolute atomic E-state index is 6.93. The molecule has 0 bridgehead atoms. The van der Waals surface area contributed by atoms with Gasteiger partial charge in [-0.3, -0.25) is 0 Å². The Morgan fingerprint density at radius 2 is 0.578 bits per heavy atom. The van der Waals surface area contributed by atoms with Crippen molar-refractivity contribution in [2.24, 2.45) is 0 Å². The van der Waals surface area contributed by atoms with E-state index in [-0.39, 0.29) is 21.1 Å². The van der Waals surface area contributed by atoms with Crippen molar-refractivity contribution in [1.82, 2.24) is 0 Å². The standard InChI is InChI=1S/C41H86OS2.Mo/c1-6-11-16-21-26-31-36-42-41(43)44(37-32-27-22-17-12-7-2,38-33-28-23-18-13-8-3,39-34-29-24-19-14-9-4)40-35-30-25-20-15-10-5;/h43H,6-40H2,1-5H3;. The normalized spacial score (nSPS) is 12.6. The number of hydrogen-bond acceptors (Lipinski definition) is 1. The Labute approximate surface area is 306 Å². The van der Waals surface area contributed by atoms with E-state index in [0.717, 1.165) is 6.61 Å². The van der Waals surface area contributed by atoms with Gasteiger partial charge in [-0.2, -0.15) is 0 Å². The zero-order valence-electron chi connectivity index (χ0n) is 31.9. The Balaban J connectivity index is 0. The van der Waals surface area contributed by atoms with Gasteiger partial charge in [0.15, 0.2) is 0 Å². The molecule has 0 amide bonds. The Morgan fingerprint density at radius 1 is 0.356 bits per heavy atom. The summed E-state index contributed by atoms with van der Waals surface area (Å²) >= 11 is 5.53. The third-order valence-corrected chi connectivity index (χ3v) is 18.6. The molecule has 0 saturated heterocycles. The van der Waals surface area contributed by atoms with E-state index < -0.39 is 8.75 Å². The average molecular weight is 755 g/mol. The molecular formula is C41H86MoOS2. The molecule has 1 nitrogen and oxygen atoms in total. The summed E-state index contributed by atoms with van der Waals surface area (Å²) < 4.78 is 8.21. The van der Waals surface area contributed by atoms with Crippen molar-refractivity contribution >= 4 is 25.8 Å². The minimum atomic E-state index is -1.92. The molecule has 0 aromatic heterocycles. The molecule has 0 N–H and O–H groups in total. The molecule has 0 atom stereocenters. The fraction of sp³-hybridized carbons (Fsp3) is 0.976. The smallest absolute Gasteiger partial charge is 0.116 e. The minimum Gasteiger partial charge on any atom is -0.336 e. The van der Waals surface area contributed by atoms with Gasteiger partial charge in [-0.25, -0.2) is 8.75 Å². The van der Waals surface area contributed by atoms with E-state index in [9.17, 15) is 0 Å². The zero-order valence-corrected chi connectivity index (χ0v) is 35.6. The quantitative estimate of drug-likeness (QED) is 0.0293. The Hall–Kier alpha value is 1.22. The van der Waals surface area contributed by atoms with Crippen LogP contribution in [0, 0.1) is 0 Å². The first-order chi connectivity index (χ1) is 21.5. The van der Waals surface area contributed by atoms with Crippen LogP contribution in [0.25, 0.3) is 0 Å². The van der Waals surface area contributed by atoms with Crippen molar-refractivity contribution in [3.63, 3.8) is 0 Å².